The van der Waals surface area contributed by atoms with Crippen molar-refractivity contribution in [1.82, 2.24) is 4.98 Å². The van der Waals surface area contributed by atoms with Gasteiger partial charge in [0.1, 0.15) is 12.4 Å². The molecule has 1 heterocycles. The van der Waals surface area contributed by atoms with E-state index in [1.807, 2.05) is 0 Å². The summed E-state index contributed by atoms with van der Waals surface area (Å²) >= 11 is 0. The minimum Gasteiger partial charge on any atom is -0.247 e. The molecule has 0 bridgehead atoms. The monoisotopic (exact) mass is 672 g/mol. The third-order valence-corrected chi connectivity index (χ3v) is 11.4. The van der Waals surface area contributed by atoms with Crippen LogP contribution in [0.5, 0.6) is 0 Å². The minimum absolute atomic E-state index is 0.618. The van der Waals surface area contributed by atoms with E-state index in [0.717, 1.165) is 0 Å². The summed E-state index contributed by atoms with van der Waals surface area (Å²) < 4.78 is 2.64. The minimum atomic E-state index is 0.618. The van der Waals surface area contributed by atoms with E-state index in [9.17, 15) is 0 Å². The van der Waals surface area contributed by atoms with Crippen LogP contribution >= 0.6 is 0 Å². The molecule has 1 N–H and O–H groups in total. The molecule has 0 saturated heterocycles. The Morgan fingerprint density at radius 3 is 0.979 bits per heavy atom. The van der Waals surface area contributed by atoms with Gasteiger partial charge in [-0.1, -0.05) is 233 Å². The van der Waals surface area contributed by atoms with Gasteiger partial charge < -0.3 is 0 Å². The standard InChI is InChI=1S/C46H90N2/c1-5-8-11-14-16-18-20-22-23-24-26-28-30-32-35-38-41-45(40-37-34-31-29-27-25-21-19-17-15-12-9-6-2)46-47-42-43-48(46)44(4)39-36-33-13-10-7-3/h42-45H,5-41H2,1-4H3/p+1. The molecule has 0 aliphatic rings. The average molecular weight is 672 g/mol. The summed E-state index contributed by atoms with van der Waals surface area (Å²) in [6.07, 6.45) is 57.7. The van der Waals surface area contributed by atoms with Crippen LogP contribution in [0.2, 0.25) is 0 Å². The molecule has 2 nitrogen and oxygen atoms in total. The molecule has 48 heavy (non-hydrogen) atoms. The highest BCUT2D eigenvalue weighted by atomic mass is 15.1. The molecule has 0 spiro atoms. The van der Waals surface area contributed by atoms with Crippen LogP contribution in [0.25, 0.3) is 0 Å². The largest absolute Gasteiger partial charge is 0.257 e. The summed E-state index contributed by atoms with van der Waals surface area (Å²) in [6.45, 7) is 9.42. The lowest BCUT2D eigenvalue weighted by Crippen LogP contribution is -2.41. The number of aromatic nitrogens is 2. The van der Waals surface area contributed by atoms with Crippen molar-refractivity contribution in [3.63, 3.8) is 0 Å². The summed E-state index contributed by atoms with van der Waals surface area (Å²) in [6, 6.07) is 0.618. The topological polar surface area (TPSA) is 19.7 Å². The van der Waals surface area contributed by atoms with Crippen LogP contribution in [0.4, 0.5) is 0 Å². The van der Waals surface area contributed by atoms with Crippen molar-refractivity contribution in [3.8, 4) is 0 Å². The van der Waals surface area contributed by atoms with Gasteiger partial charge in [0, 0.05) is 0 Å². The quantitative estimate of drug-likeness (QED) is 0.0531. The molecule has 0 saturated carbocycles. The van der Waals surface area contributed by atoms with E-state index < -0.39 is 0 Å². The predicted octanol–water partition coefficient (Wildman–Crippen LogP) is 16.4. The van der Waals surface area contributed by atoms with Crippen molar-refractivity contribution in [1.29, 1.82) is 0 Å². The molecule has 0 aromatic carbocycles. The third kappa shape index (κ3) is 27.0. The number of nitrogens with zero attached hydrogens (tertiary/aromatic N) is 1. The van der Waals surface area contributed by atoms with Gasteiger partial charge >= 0.3 is 0 Å². The molecule has 0 fully saturated rings. The van der Waals surface area contributed by atoms with Crippen LogP contribution in [-0.4, -0.2) is 4.98 Å². The third-order valence-electron chi connectivity index (χ3n) is 11.4. The Labute approximate surface area is 304 Å². The molecule has 2 heteroatoms. The summed E-state index contributed by atoms with van der Waals surface area (Å²) in [7, 11) is 0. The lowest BCUT2D eigenvalue weighted by atomic mass is 9.92. The van der Waals surface area contributed by atoms with E-state index in [1.165, 1.54) is 243 Å². The maximum atomic E-state index is 3.76. The first kappa shape index (κ1) is 45.2. The second-order valence-electron chi connectivity index (χ2n) is 16.1. The zero-order valence-corrected chi connectivity index (χ0v) is 33.9. The highest BCUT2D eigenvalue weighted by Gasteiger charge is 2.25. The molecule has 0 aliphatic heterocycles. The van der Waals surface area contributed by atoms with Crippen molar-refractivity contribution < 1.29 is 4.57 Å². The maximum absolute atomic E-state index is 3.76. The summed E-state index contributed by atoms with van der Waals surface area (Å²) in [5, 5.41) is 0. The first-order chi connectivity index (χ1) is 23.7. The number of imidazole rings is 1. The van der Waals surface area contributed by atoms with Gasteiger partial charge in [0.05, 0.1) is 12.0 Å². The Bertz CT molecular complexity index is 738. The Kier molecular flexibility index (Phi) is 33.9. The lowest BCUT2D eigenvalue weighted by Gasteiger charge is -2.17. The second kappa shape index (κ2) is 36.0. The van der Waals surface area contributed by atoms with Gasteiger partial charge in [0.2, 0.25) is 0 Å². The van der Waals surface area contributed by atoms with Crippen molar-refractivity contribution in [2.24, 2.45) is 0 Å². The Hall–Kier alpha value is -0.790. The fraction of sp³-hybridized carbons (Fsp3) is 0.935. The molecule has 1 aromatic rings. The number of rotatable bonds is 39. The average Bonchev–Trinajstić information content (AvgIpc) is 3.59. The van der Waals surface area contributed by atoms with Gasteiger partial charge in [-0.05, 0) is 32.6 Å². The fourth-order valence-electron chi connectivity index (χ4n) is 8.02. The highest BCUT2D eigenvalue weighted by molar-refractivity contribution is 4.90. The van der Waals surface area contributed by atoms with Crippen LogP contribution in [-0.2, 0) is 0 Å². The van der Waals surface area contributed by atoms with E-state index in [1.54, 1.807) is 0 Å². The fourth-order valence-corrected chi connectivity index (χ4v) is 8.02. The van der Waals surface area contributed by atoms with Crippen molar-refractivity contribution >= 4 is 0 Å². The zero-order valence-electron chi connectivity index (χ0n) is 33.9. The number of H-pyrrole nitrogens is 1. The Morgan fingerprint density at radius 1 is 0.396 bits per heavy atom. The summed E-state index contributed by atoms with van der Waals surface area (Å²) in [4.78, 5) is 3.76. The number of hydrogen-bond acceptors (Lipinski definition) is 0. The van der Waals surface area contributed by atoms with E-state index in [0.29, 0.717) is 12.0 Å². The van der Waals surface area contributed by atoms with Crippen LogP contribution < -0.4 is 4.57 Å². The van der Waals surface area contributed by atoms with Gasteiger partial charge in [-0.15, -0.1) is 0 Å². The van der Waals surface area contributed by atoms with Gasteiger partial charge in [0.25, 0.3) is 5.82 Å². The molecular formula is C46H91N2+. The van der Waals surface area contributed by atoms with Crippen molar-refractivity contribution in [3.05, 3.63) is 18.2 Å². The van der Waals surface area contributed by atoms with E-state index in [4.69, 9.17) is 0 Å². The summed E-state index contributed by atoms with van der Waals surface area (Å²) in [5.41, 5.74) is 0. The SMILES string of the molecule is CCCCCCCCCCCCCCCCCCC(CCCCCCCCCCCCCCC)c1[nH]cc[n+]1C(C)CCCCCCC. The molecule has 1 aromatic heterocycles. The number of nitrogens with one attached hydrogen (secondary N) is 1. The summed E-state index contributed by atoms with van der Waals surface area (Å²) in [5.74, 6) is 2.25. The molecule has 0 radical (unpaired) electrons. The molecule has 1 rings (SSSR count). The molecule has 284 valence electrons. The predicted molar refractivity (Wildman–Crippen MR) is 216 cm³/mol. The van der Waals surface area contributed by atoms with Gasteiger partial charge in [0.15, 0.2) is 0 Å². The van der Waals surface area contributed by atoms with Crippen LogP contribution in [0.3, 0.4) is 0 Å². The van der Waals surface area contributed by atoms with Gasteiger partial charge in [-0.2, -0.15) is 0 Å². The van der Waals surface area contributed by atoms with Crippen LogP contribution in [0.15, 0.2) is 12.4 Å². The van der Waals surface area contributed by atoms with Crippen molar-refractivity contribution in [2.75, 3.05) is 0 Å². The lowest BCUT2D eigenvalue weighted by molar-refractivity contribution is -0.727. The smallest absolute Gasteiger partial charge is 0.247 e. The van der Waals surface area contributed by atoms with Crippen LogP contribution in [0, 0.1) is 0 Å². The van der Waals surface area contributed by atoms with Crippen LogP contribution in [0.1, 0.15) is 283 Å². The number of aromatic amines is 1. The molecule has 2 atom stereocenters. The highest BCUT2D eigenvalue weighted by Crippen LogP contribution is 2.27. The molecule has 0 aliphatic carbocycles. The van der Waals surface area contributed by atoms with Crippen molar-refractivity contribution in [2.45, 2.75) is 277 Å². The second-order valence-corrected chi connectivity index (χ2v) is 16.1. The molecule has 2 unspecified atom stereocenters. The van der Waals surface area contributed by atoms with E-state index in [2.05, 4.69) is 49.6 Å². The first-order valence-electron chi connectivity index (χ1n) is 22.8. The van der Waals surface area contributed by atoms with Gasteiger partial charge in [-0.25, -0.2) is 9.55 Å². The normalized spacial score (nSPS) is 13.0. The van der Waals surface area contributed by atoms with E-state index >= 15 is 0 Å². The maximum Gasteiger partial charge on any atom is 0.257 e. The van der Waals surface area contributed by atoms with E-state index in [-0.39, 0.29) is 0 Å². The molecular weight excluding hydrogens is 581 g/mol. The first-order valence-corrected chi connectivity index (χ1v) is 22.8. The Balaban J connectivity index is 2.31. The Morgan fingerprint density at radius 2 is 0.667 bits per heavy atom. The van der Waals surface area contributed by atoms with Gasteiger partial charge in [-0.3, -0.25) is 0 Å². The number of hydrogen-bond donors (Lipinski definition) is 1. The zero-order chi connectivity index (χ0) is 34.6. The molecule has 0 amide bonds. The number of unbranched alkanes of at least 4 members (excludes halogenated alkanes) is 31.